The Balaban J connectivity index is 2.53. The second-order valence-corrected chi connectivity index (χ2v) is 6.51. The highest BCUT2D eigenvalue weighted by molar-refractivity contribution is 6.47. The van der Waals surface area contributed by atoms with Crippen molar-refractivity contribution in [3.05, 3.63) is 51.5 Å². The van der Waals surface area contributed by atoms with Crippen molar-refractivity contribution in [3.8, 4) is 0 Å². The SMILES string of the molecule is O=c1c2c(Cl)c3c(=O)n(CC(F)(F)F)c(=O)c3c(Cl)c2c(=O)n1CC(F)(F)F. The van der Waals surface area contributed by atoms with Crippen LogP contribution in [-0.4, -0.2) is 21.5 Å². The highest BCUT2D eigenvalue weighted by Crippen LogP contribution is 2.34. The van der Waals surface area contributed by atoms with E-state index in [9.17, 15) is 45.5 Å². The summed E-state index contributed by atoms with van der Waals surface area (Å²) in [4.78, 5) is 48.9. The van der Waals surface area contributed by atoms with Gasteiger partial charge >= 0.3 is 12.4 Å². The largest absolute Gasteiger partial charge is 0.406 e. The van der Waals surface area contributed by atoms with Crippen LogP contribution in [0.4, 0.5) is 26.3 Å². The molecule has 0 aliphatic carbocycles. The van der Waals surface area contributed by atoms with Gasteiger partial charge in [-0.15, -0.1) is 0 Å². The fraction of sp³-hybridized carbons (Fsp3) is 0.286. The molecule has 0 aliphatic rings. The molecule has 0 radical (unpaired) electrons. The number of aromatic nitrogens is 2. The lowest BCUT2D eigenvalue weighted by Crippen LogP contribution is -2.33. The van der Waals surface area contributed by atoms with Crippen LogP contribution in [0.25, 0.3) is 21.5 Å². The number of hydrogen-bond acceptors (Lipinski definition) is 4. The van der Waals surface area contributed by atoms with Crippen LogP contribution < -0.4 is 22.2 Å². The molecule has 0 bridgehead atoms. The van der Waals surface area contributed by atoms with Crippen LogP contribution in [0.1, 0.15) is 0 Å². The quantitative estimate of drug-likeness (QED) is 0.563. The Hall–Kier alpha value is -2.34. The number of hydrogen-bond donors (Lipinski definition) is 0. The molecule has 0 amide bonds. The maximum absolute atomic E-state index is 12.6. The molecule has 0 fully saturated rings. The zero-order valence-electron chi connectivity index (χ0n) is 13.0. The van der Waals surface area contributed by atoms with Crippen LogP contribution in [0.5, 0.6) is 0 Å². The average molecular weight is 449 g/mol. The molecule has 0 atom stereocenters. The number of alkyl halides is 6. The van der Waals surface area contributed by atoms with Gasteiger partial charge in [0.2, 0.25) is 0 Å². The molecule has 2 aromatic heterocycles. The number of rotatable bonds is 2. The summed E-state index contributed by atoms with van der Waals surface area (Å²) in [6.07, 6.45) is -9.94. The van der Waals surface area contributed by atoms with Crippen molar-refractivity contribution < 1.29 is 26.3 Å². The van der Waals surface area contributed by atoms with Crippen LogP contribution >= 0.6 is 23.2 Å². The summed E-state index contributed by atoms with van der Waals surface area (Å²) in [6, 6.07) is 0. The highest BCUT2D eigenvalue weighted by atomic mass is 35.5. The molecule has 0 spiro atoms. The van der Waals surface area contributed by atoms with Crippen LogP contribution in [-0.2, 0) is 13.1 Å². The van der Waals surface area contributed by atoms with Crippen LogP contribution in [0.15, 0.2) is 19.2 Å². The first-order valence-corrected chi connectivity index (χ1v) is 7.82. The highest BCUT2D eigenvalue weighted by Gasteiger charge is 2.35. The Bertz CT molecular complexity index is 1160. The first kappa shape index (κ1) is 20.4. The van der Waals surface area contributed by atoms with Crippen LogP contribution in [0, 0.1) is 0 Å². The first-order chi connectivity index (χ1) is 12.7. The van der Waals surface area contributed by atoms with E-state index in [1.807, 2.05) is 0 Å². The van der Waals surface area contributed by atoms with Crippen LogP contribution in [0.2, 0.25) is 10.0 Å². The van der Waals surface area contributed by atoms with Crippen molar-refractivity contribution in [1.29, 1.82) is 0 Å². The summed E-state index contributed by atoms with van der Waals surface area (Å²) < 4.78 is 75.2. The lowest BCUT2D eigenvalue weighted by Gasteiger charge is -2.04. The van der Waals surface area contributed by atoms with Crippen molar-refractivity contribution >= 4 is 44.7 Å². The number of fused-ring (bicyclic) bond motifs is 2. The van der Waals surface area contributed by atoms with Gasteiger partial charge in [-0.2, -0.15) is 26.3 Å². The zero-order chi connectivity index (χ0) is 21.3. The number of benzene rings is 1. The molecule has 0 unspecified atom stereocenters. The molecular formula is C14H4Cl2F6N2O4. The van der Waals surface area contributed by atoms with E-state index in [0.717, 1.165) is 0 Å². The standard InChI is InChI=1S/C14H4Cl2F6N2O4/c15-7-3-4(10(26)23(9(3)25)1-13(17,18)19)8(16)6-5(7)11(27)24(12(6)28)2-14(20,21)22/h1-2H2. The van der Waals surface area contributed by atoms with Gasteiger partial charge in [0.05, 0.1) is 31.6 Å². The van der Waals surface area contributed by atoms with E-state index in [1.54, 1.807) is 0 Å². The first-order valence-electron chi connectivity index (χ1n) is 7.06. The molecule has 2 heterocycles. The molecule has 0 aliphatic heterocycles. The summed E-state index contributed by atoms with van der Waals surface area (Å²) in [7, 11) is 0. The molecule has 14 heteroatoms. The Labute approximate surface area is 157 Å². The van der Waals surface area contributed by atoms with Gasteiger partial charge in [0.1, 0.15) is 13.1 Å². The normalized spacial score (nSPS) is 13.1. The van der Waals surface area contributed by atoms with E-state index < -0.39 is 79.3 Å². The average Bonchev–Trinajstić information content (AvgIpc) is 2.91. The number of halogens is 8. The topological polar surface area (TPSA) is 78.1 Å². The monoisotopic (exact) mass is 448 g/mol. The fourth-order valence-electron chi connectivity index (χ4n) is 2.86. The van der Waals surface area contributed by atoms with Crippen molar-refractivity contribution in [2.45, 2.75) is 25.4 Å². The van der Waals surface area contributed by atoms with Gasteiger partial charge < -0.3 is 0 Å². The summed E-state index contributed by atoms with van der Waals surface area (Å²) in [5.41, 5.74) is -6.16. The maximum atomic E-state index is 12.6. The van der Waals surface area contributed by atoms with Gasteiger partial charge in [-0.3, -0.25) is 28.3 Å². The second-order valence-electron chi connectivity index (χ2n) is 5.75. The van der Waals surface area contributed by atoms with Crippen molar-refractivity contribution in [2.24, 2.45) is 0 Å². The molecular weight excluding hydrogens is 445 g/mol. The zero-order valence-corrected chi connectivity index (χ0v) is 14.5. The van der Waals surface area contributed by atoms with Gasteiger partial charge in [0, 0.05) is 0 Å². The smallest absolute Gasteiger partial charge is 0.269 e. The predicted molar refractivity (Wildman–Crippen MR) is 87.0 cm³/mol. The third kappa shape index (κ3) is 3.00. The summed E-state index contributed by atoms with van der Waals surface area (Å²) in [6.45, 7) is -3.97. The summed E-state index contributed by atoms with van der Waals surface area (Å²) in [5.74, 6) is 0. The third-order valence-corrected chi connectivity index (χ3v) is 4.64. The van der Waals surface area contributed by atoms with Crippen molar-refractivity contribution in [2.75, 3.05) is 0 Å². The van der Waals surface area contributed by atoms with E-state index in [2.05, 4.69) is 0 Å². The van der Waals surface area contributed by atoms with Crippen LogP contribution in [0.3, 0.4) is 0 Å². The molecule has 150 valence electrons. The van der Waals surface area contributed by atoms with Crippen molar-refractivity contribution in [3.63, 3.8) is 0 Å². The van der Waals surface area contributed by atoms with Gasteiger partial charge in [-0.25, -0.2) is 0 Å². The minimum Gasteiger partial charge on any atom is -0.269 e. The Morgan fingerprint density at radius 1 is 0.571 bits per heavy atom. The van der Waals surface area contributed by atoms with Gasteiger partial charge in [0.15, 0.2) is 0 Å². The van der Waals surface area contributed by atoms with Gasteiger partial charge in [-0.1, -0.05) is 23.2 Å². The summed E-state index contributed by atoms with van der Waals surface area (Å²) >= 11 is 11.7. The van der Waals surface area contributed by atoms with E-state index in [4.69, 9.17) is 23.2 Å². The minimum atomic E-state index is -4.97. The predicted octanol–water partition coefficient (Wildman–Crippen LogP) is 2.34. The van der Waals surface area contributed by atoms with Gasteiger partial charge in [0.25, 0.3) is 22.2 Å². The van der Waals surface area contributed by atoms with Gasteiger partial charge in [-0.05, 0) is 0 Å². The number of nitrogens with zero attached hydrogens (tertiary/aromatic N) is 2. The van der Waals surface area contributed by atoms with E-state index in [-0.39, 0.29) is 9.13 Å². The summed E-state index contributed by atoms with van der Waals surface area (Å²) in [5, 5.41) is -5.35. The molecule has 3 rings (SSSR count). The van der Waals surface area contributed by atoms with E-state index >= 15 is 0 Å². The Morgan fingerprint density at radius 3 is 0.964 bits per heavy atom. The van der Waals surface area contributed by atoms with E-state index in [0.29, 0.717) is 0 Å². The lowest BCUT2D eigenvalue weighted by molar-refractivity contribution is -0.142. The molecule has 3 aromatic rings. The van der Waals surface area contributed by atoms with Crippen molar-refractivity contribution in [1.82, 2.24) is 9.13 Å². The molecule has 0 saturated carbocycles. The molecule has 0 saturated heterocycles. The molecule has 28 heavy (non-hydrogen) atoms. The fourth-order valence-corrected chi connectivity index (χ4v) is 3.56. The second kappa shape index (κ2) is 6.08. The van der Waals surface area contributed by atoms with E-state index in [1.165, 1.54) is 0 Å². The Kier molecular flexibility index (Phi) is 4.43. The molecule has 0 N–H and O–H groups in total. The maximum Gasteiger partial charge on any atom is 0.406 e. The molecule has 6 nitrogen and oxygen atoms in total. The third-order valence-electron chi connectivity index (χ3n) is 3.89. The minimum absolute atomic E-state index is 0.236. The Morgan fingerprint density at radius 2 is 0.786 bits per heavy atom. The lowest BCUT2D eigenvalue weighted by atomic mass is 10.1. The molecule has 1 aromatic carbocycles.